The number of aromatic nitrogens is 2. The van der Waals surface area contributed by atoms with Crippen LogP contribution in [0.25, 0.3) is 0 Å². The summed E-state index contributed by atoms with van der Waals surface area (Å²) in [5.41, 5.74) is 4.00. The highest BCUT2D eigenvalue weighted by atomic mass is 32.2. The molecule has 2 N–H and O–H groups in total. The van der Waals surface area contributed by atoms with Gasteiger partial charge in [0.05, 0.1) is 12.3 Å². The van der Waals surface area contributed by atoms with E-state index < -0.39 is 0 Å². The minimum atomic E-state index is -0.155. The van der Waals surface area contributed by atoms with Crippen molar-refractivity contribution < 1.29 is 9.59 Å². The number of benzene rings is 1. The second-order valence-corrected chi connectivity index (χ2v) is 7.53. The molecule has 0 fully saturated rings. The van der Waals surface area contributed by atoms with Gasteiger partial charge in [-0.1, -0.05) is 17.8 Å². The van der Waals surface area contributed by atoms with Gasteiger partial charge in [-0.25, -0.2) is 9.97 Å². The van der Waals surface area contributed by atoms with Crippen LogP contribution in [-0.2, 0) is 9.59 Å². The molecule has 0 radical (unpaired) electrons. The van der Waals surface area contributed by atoms with Crippen LogP contribution in [0.4, 0.5) is 11.4 Å². The van der Waals surface area contributed by atoms with Gasteiger partial charge >= 0.3 is 0 Å². The molecule has 0 saturated heterocycles. The monoisotopic (exact) mass is 387 g/mol. The molecule has 2 amide bonds. The van der Waals surface area contributed by atoms with Gasteiger partial charge in [0.2, 0.25) is 11.8 Å². The van der Waals surface area contributed by atoms with E-state index in [4.69, 9.17) is 0 Å². The summed E-state index contributed by atoms with van der Waals surface area (Å²) >= 11 is 1.29. The van der Waals surface area contributed by atoms with Crippen molar-refractivity contribution in [2.24, 2.45) is 0 Å². The molecule has 144 valence electrons. The molecular weight excluding hydrogens is 362 g/mol. The van der Waals surface area contributed by atoms with Crippen molar-refractivity contribution in [2.45, 2.75) is 25.9 Å². The van der Waals surface area contributed by atoms with Crippen LogP contribution in [0, 0.1) is 20.8 Å². The Morgan fingerprint density at radius 1 is 1.00 bits per heavy atom. The first-order valence-corrected chi connectivity index (χ1v) is 9.51. The van der Waals surface area contributed by atoms with Crippen LogP contribution in [-0.4, -0.2) is 53.1 Å². The van der Waals surface area contributed by atoms with E-state index in [1.165, 1.54) is 11.8 Å². The minimum Gasteiger partial charge on any atom is -0.325 e. The summed E-state index contributed by atoms with van der Waals surface area (Å²) in [6.45, 7) is 6.00. The van der Waals surface area contributed by atoms with E-state index in [-0.39, 0.29) is 17.6 Å². The third kappa shape index (κ3) is 6.99. The Kier molecular flexibility index (Phi) is 7.32. The average molecular weight is 388 g/mol. The quantitative estimate of drug-likeness (QED) is 0.561. The normalized spacial score (nSPS) is 10.7. The summed E-state index contributed by atoms with van der Waals surface area (Å²) in [6, 6.07) is 7.33. The zero-order chi connectivity index (χ0) is 20.0. The van der Waals surface area contributed by atoms with Crippen molar-refractivity contribution in [3.05, 3.63) is 41.2 Å². The first-order chi connectivity index (χ1) is 12.7. The Bertz CT molecular complexity index is 819. The number of hydrogen-bond acceptors (Lipinski definition) is 6. The third-order valence-electron chi connectivity index (χ3n) is 3.55. The van der Waals surface area contributed by atoms with Gasteiger partial charge in [-0.15, -0.1) is 0 Å². The van der Waals surface area contributed by atoms with Crippen LogP contribution in [0.3, 0.4) is 0 Å². The molecule has 0 aliphatic heterocycles. The van der Waals surface area contributed by atoms with Crippen molar-refractivity contribution in [1.82, 2.24) is 14.9 Å². The Labute approximate surface area is 164 Å². The van der Waals surface area contributed by atoms with Crippen molar-refractivity contribution in [3.63, 3.8) is 0 Å². The van der Waals surface area contributed by atoms with E-state index >= 15 is 0 Å². The summed E-state index contributed by atoms with van der Waals surface area (Å²) in [4.78, 5) is 34.6. The number of likely N-dealkylation sites (N-methyl/N-ethyl adjacent to an activating group) is 1. The smallest absolute Gasteiger partial charge is 0.238 e. The highest BCUT2D eigenvalue weighted by Crippen LogP contribution is 2.21. The standard InChI is InChI=1S/C19H25N5O2S/c1-12-6-7-15(9-16(12)23-17(25)10-24(4)5)22-18(26)11-27-19-20-13(2)8-14(3)21-19/h6-9H,10-11H2,1-5H3,(H,22,26)(H,23,25). The maximum absolute atomic E-state index is 12.2. The molecule has 1 aromatic heterocycles. The molecule has 2 aromatic rings. The molecule has 2 rings (SSSR count). The lowest BCUT2D eigenvalue weighted by Crippen LogP contribution is -2.27. The average Bonchev–Trinajstić information content (AvgIpc) is 2.54. The predicted molar refractivity (Wildman–Crippen MR) is 109 cm³/mol. The molecule has 0 unspecified atom stereocenters. The number of carbonyl (C=O) groups excluding carboxylic acids is 2. The number of hydrogen-bond donors (Lipinski definition) is 2. The number of aryl methyl sites for hydroxylation is 3. The maximum Gasteiger partial charge on any atom is 0.238 e. The zero-order valence-corrected chi connectivity index (χ0v) is 17.1. The minimum absolute atomic E-state index is 0.103. The molecule has 0 spiro atoms. The van der Waals surface area contributed by atoms with Crippen LogP contribution in [0.5, 0.6) is 0 Å². The summed E-state index contributed by atoms with van der Waals surface area (Å²) < 4.78 is 0. The maximum atomic E-state index is 12.2. The van der Waals surface area contributed by atoms with Crippen molar-refractivity contribution in [1.29, 1.82) is 0 Å². The molecule has 7 nitrogen and oxygen atoms in total. The van der Waals surface area contributed by atoms with Crippen molar-refractivity contribution in [3.8, 4) is 0 Å². The number of nitrogens with zero attached hydrogens (tertiary/aromatic N) is 3. The van der Waals surface area contributed by atoms with Gasteiger partial charge in [-0.05, 0) is 58.6 Å². The van der Waals surface area contributed by atoms with Crippen LogP contribution < -0.4 is 10.6 Å². The molecule has 0 atom stereocenters. The van der Waals surface area contributed by atoms with Gasteiger partial charge in [0.1, 0.15) is 0 Å². The molecule has 0 aliphatic carbocycles. The van der Waals surface area contributed by atoms with Gasteiger partial charge in [-0.2, -0.15) is 0 Å². The second kappa shape index (κ2) is 9.48. The molecule has 0 aliphatic rings. The van der Waals surface area contributed by atoms with Gasteiger partial charge in [-0.3, -0.25) is 9.59 Å². The van der Waals surface area contributed by atoms with E-state index in [1.807, 2.05) is 53.1 Å². The topological polar surface area (TPSA) is 87.2 Å². The summed E-state index contributed by atoms with van der Waals surface area (Å²) in [7, 11) is 3.67. The first kappa shape index (κ1) is 20.9. The molecular formula is C19H25N5O2S. The van der Waals surface area contributed by atoms with E-state index in [0.717, 1.165) is 17.0 Å². The lowest BCUT2D eigenvalue weighted by atomic mass is 10.1. The van der Waals surface area contributed by atoms with Crippen LogP contribution >= 0.6 is 11.8 Å². The first-order valence-electron chi connectivity index (χ1n) is 8.53. The molecule has 0 bridgehead atoms. The number of anilines is 2. The van der Waals surface area contributed by atoms with Gasteiger partial charge in [0.15, 0.2) is 5.16 Å². The molecule has 8 heteroatoms. The predicted octanol–water partition coefficient (Wildman–Crippen LogP) is 2.63. The van der Waals surface area contributed by atoms with E-state index in [2.05, 4.69) is 20.6 Å². The Morgan fingerprint density at radius 2 is 1.67 bits per heavy atom. The van der Waals surface area contributed by atoms with Gasteiger partial charge in [0.25, 0.3) is 0 Å². The lowest BCUT2D eigenvalue weighted by molar-refractivity contribution is -0.117. The van der Waals surface area contributed by atoms with Crippen LogP contribution in [0.2, 0.25) is 0 Å². The summed E-state index contributed by atoms with van der Waals surface area (Å²) in [5.74, 6) is -0.0506. The largest absolute Gasteiger partial charge is 0.325 e. The zero-order valence-electron chi connectivity index (χ0n) is 16.3. The highest BCUT2D eigenvalue weighted by Gasteiger charge is 2.10. The van der Waals surface area contributed by atoms with Crippen LogP contribution in [0.15, 0.2) is 29.4 Å². The van der Waals surface area contributed by atoms with Crippen molar-refractivity contribution in [2.75, 3.05) is 37.0 Å². The number of rotatable bonds is 7. The van der Waals surface area contributed by atoms with E-state index in [1.54, 1.807) is 11.0 Å². The Balaban J connectivity index is 1.96. The van der Waals surface area contributed by atoms with Crippen LogP contribution in [0.1, 0.15) is 17.0 Å². The van der Waals surface area contributed by atoms with Gasteiger partial charge < -0.3 is 15.5 Å². The number of amides is 2. The fourth-order valence-electron chi connectivity index (χ4n) is 2.40. The molecule has 27 heavy (non-hydrogen) atoms. The third-order valence-corrected chi connectivity index (χ3v) is 4.40. The molecule has 1 aromatic carbocycles. The van der Waals surface area contributed by atoms with E-state index in [9.17, 15) is 9.59 Å². The lowest BCUT2D eigenvalue weighted by Gasteiger charge is -2.13. The van der Waals surface area contributed by atoms with Gasteiger partial charge in [0, 0.05) is 22.8 Å². The van der Waals surface area contributed by atoms with Crippen molar-refractivity contribution >= 4 is 35.0 Å². The number of nitrogens with one attached hydrogen (secondary N) is 2. The Morgan fingerprint density at radius 3 is 2.30 bits per heavy atom. The SMILES string of the molecule is Cc1cc(C)nc(SCC(=O)Nc2ccc(C)c(NC(=O)CN(C)C)c2)n1. The Hall–Kier alpha value is -2.45. The summed E-state index contributed by atoms with van der Waals surface area (Å²) in [5, 5.41) is 6.30. The fourth-order valence-corrected chi connectivity index (χ4v) is 3.15. The molecule has 0 saturated carbocycles. The number of carbonyl (C=O) groups is 2. The highest BCUT2D eigenvalue weighted by molar-refractivity contribution is 7.99. The summed E-state index contributed by atoms with van der Waals surface area (Å²) in [6.07, 6.45) is 0. The fraction of sp³-hybridized carbons (Fsp3) is 0.368. The number of thioether (sulfide) groups is 1. The van der Waals surface area contributed by atoms with E-state index in [0.29, 0.717) is 23.1 Å². The second-order valence-electron chi connectivity index (χ2n) is 6.59. The molecule has 1 heterocycles.